The third kappa shape index (κ3) is 2.88. The second-order valence-electron chi connectivity index (χ2n) is 4.84. The summed E-state index contributed by atoms with van der Waals surface area (Å²) >= 11 is 0. The second kappa shape index (κ2) is 6.05. The highest BCUT2D eigenvalue weighted by molar-refractivity contribution is 6.58. The van der Waals surface area contributed by atoms with Crippen molar-refractivity contribution >= 4 is 29.2 Å². The molecule has 0 atom stereocenters. The van der Waals surface area contributed by atoms with Crippen LogP contribution in [-0.2, 0) is 0 Å². The number of anilines is 1. The molecular formula is C16H15BN2O3. The van der Waals surface area contributed by atoms with Crippen molar-refractivity contribution in [2.45, 2.75) is 0 Å². The maximum Gasteiger partial charge on any atom is 0.488 e. The lowest BCUT2D eigenvalue weighted by Gasteiger charge is -2.10. The highest BCUT2D eigenvalue weighted by Crippen LogP contribution is 2.28. The van der Waals surface area contributed by atoms with Crippen LogP contribution in [0.25, 0.3) is 10.9 Å². The normalized spacial score (nSPS) is 10.5. The molecule has 5 nitrogen and oxygen atoms in total. The van der Waals surface area contributed by atoms with Gasteiger partial charge < -0.3 is 20.1 Å². The first-order valence-corrected chi connectivity index (χ1v) is 6.88. The minimum atomic E-state index is -1.51. The fraction of sp³-hybridized carbons (Fsp3) is 0.0625. The van der Waals surface area contributed by atoms with Crippen LogP contribution in [0, 0.1) is 0 Å². The van der Waals surface area contributed by atoms with Gasteiger partial charge >= 0.3 is 7.12 Å². The number of ether oxygens (including phenoxy) is 1. The molecule has 3 N–H and O–H groups in total. The summed E-state index contributed by atoms with van der Waals surface area (Å²) in [6.07, 6.45) is 1.63. The van der Waals surface area contributed by atoms with E-state index < -0.39 is 7.12 Å². The molecule has 0 fully saturated rings. The van der Waals surface area contributed by atoms with Crippen LogP contribution >= 0.6 is 0 Å². The van der Waals surface area contributed by atoms with E-state index in [4.69, 9.17) is 4.74 Å². The van der Waals surface area contributed by atoms with Gasteiger partial charge in [0.2, 0.25) is 0 Å². The smallest absolute Gasteiger partial charge is 0.457 e. The molecule has 0 aliphatic carbocycles. The molecule has 0 saturated carbocycles. The standard InChI is InChI=1S/C16H15BN2O3/c1-18-12-3-5-13(6-4-12)22-16-8-9-19-15-10-11(17(20)21)2-7-14(15)16/h2-10,18,20-21H,1H3. The van der Waals surface area contributed by atoms with Gasteiger partial charge in [0.1, 0.15) is 11.5 Å². The van der Waals surface area contributed by atoms with E-state index in [9.17, 15) is 10.0 Å². The lowest BCUT2D eigenvalue weighted by atomic mass is 9.80. The van der Waals surface area contributed by atoms with Crippen molar-refractivity contribution in [1.82, 2.24) is 4.98 Å². The zero-order valence-corrected chi connectivity index (χ0v) is 12.0. The van der Waals surface area contributed by atoms with E-state index in [2.05, 4.69) is 10.3 Å². The summed E-state index contributed by atoms with van der Waals surface area (Å²) in [7, 11) is 0.351. The first-order valence-electron chi connectivity index (χ1n) is 6.88. The molecule has 110 valence electrons. The monoisotopic (exact) mass is 294 g/mol. The molecule has 2 aromatic carbocycles. The lowest BCUT2D eigenvalue weighted by Crippen LogP contribution is -2.29. The van der Waals surface area contributed by atoms with Gasteiger partial charge in [-0.2, -0.15) is 0 Å². The Hall–Kier alpha value is -2.57. The Balaban J connectivity index is 1.96. The first-order chi connectivity index (χ1) is 10.7. The molecule has 1 aromatic heterocycles. The minimum absolute atomic E-state index is 0.399. The van der Waals surface area contributed by atoms with Gasteiger partial charge in [-0.3, -0.25) is 4.98 Å². The van der Waals surface area contributed by atoms with Crippen LogP contribution in [0.3, 0.4) is 0 Å². The Bertz CT molecular complexity index is 791. The highest BCUT2D eigenvalue weighted by atomic mass is 16.5. The summed E-state index contributed by atoms with van der Waals surface area (Å²) in [6.45, 7) is 0. The van der Waals surface area contributed by atoms with E-state index in [1.54, 1.807) is 30.5 Å². The van der Waals surface area contributed by atoms with Gasteiger partial charge in [-0.05, 0) is 47.9 Å². The molecule has 0 unspecified atom stereocenters. The van der Waals surface area contributed by atoms with Gasteiger partial charge in [-0.25, -0.2) is 0 Å². The average molecular weight is 294 g/mol. The van der Waals surface area contributed by atoms with Crippen molar-refractivity contribution in [2.75, 3.05) is 12.4 Å². The van der Waals surface area contributed by atoms with E-state index in [1.807, 2.05) is 31.3 Å². The van der Waals surface area contributed by atoms with Crippen LogP contribution in [0.5, 0.6) is 11.5 Å². The Kier molecular flexibility index (Phi) is 3.95. The van der Waals surface area contributed by atoms with Crippen LogP contribution < -0.4 is 15.5 Å². The third-order valence-corrected chi connectivity index (χ3v) is 3.40. The van der Waals surface area contributed by atoms with Gasteiger partial charge in [0.05, 0.1) is 5.52 Å². The molecule has 0 saturated heterocycles. The number of hydrogen-bond acceptors (Lipinski definition) is 5. The molecule has 0 aliphatic heterocycles. The predicted molar refractivity (Wildman–Crippen MR) is 87.6 cm³/mol. The Morgan fingerprint density at radius 2 is 1.82 bits per heavy atom. The van der Waals surface area contributed by atoms with Crippen LogP contribution in [0.2, 0.25) is 0 Å². The molecule has 6 heteroatoms. The van der Waals surface area contributed by atoms with Crippen molar-refractivity contribution in [3.05, 3.63) is 54.7 Å². The van der Waals surface area contributed by atoms with E-state index in [1.165, 1.54) is 0 Å². The van der Waals surface area contributed by atoms with E-state index >= 15 is 0 Å². The molecular weight excluding hydrogens is 279 g/mol. The molecule has 0 bridgehead atoms. The fourth-order valence-electron chi connectivity index (χ4n) is 2.21. The van der Waals surface area contributed by atoms with Crippen molar-refractivity contribution in [2.24, 2.45) is 0 Å². The molecule has 0 radical (unpaired) electrons. The summed E-state index contributed by atoms with van der Waals surface area (Å²) in [4.78, 5) is 4.24. The van der Waals surface area contributed by atoms with E-state index in [0.717, 1.165) is 16.8 Å². The SMILES string of the molecule is CNc1ccc(Oc2ccnc3cc(B(O)O)ccc23)cc1. The van der Waals surface area contributed by atoms with Crippen LogP contribution in [0.1, 0.15) is 0 Å². The number of aromatic nitrogens is 1. The highest BCUT2D eigenvalue weighted by Gasteiger charge is 2.13. The second-order valence-corrected chi connectivity index (χ2v) is 4.84. The molecule has 3 aromatic rings. The van der Waals surface area contributed by atoms with Gasteiger partial charge in [-0.1, -0.05) is 6.07 Å². The van der Waals surface area contributed by atoms with Gasteiger partial charge in [0, 0.05) is 24.3 Å². The van der Waals surface area contributed by atoms with Crippen LogP contribution in [0.4, 0.5) is 5.69 Å². The topological polar surface area (TPSA) is 74.6 Å². The summed E-state index contributed by atoms with van der Waals surface area (Å²) in [5, 5.41) is 22.3. The number of benzene rings is 2. The third-order valence-electron chi connectivity index (χ3n) is 3.40. The van der Waals surface area contributed by atoms with Crippen molar-refractivity contribution in [3.8, 4) is 11.5 Å². The number of hydrogen-bond donors (Lipinski definition) is 3. The zero-order chi connectivity index (χ0) is 15.5. The van der Waals surface area contributed by atoms with E-state index in [-0.39, 0.29) is 0 Å². The average Bonchev–Trinajstić information content (AvgIpc) is 2.55. The summed E-state index contributed by atoms with van der Waals surface area (Å²) in [6, 6.07) is 14.5. The van der Waals surface area contributed by atoms with Gasteiger partial charge in [0.25, 0.3) is 0 Å². The first kappa shape index (κ1) is 14.4. The molecule has 22 heavy (non-hydrogen) atoms. The van der Waals surface area contributed by atoms with Gasteiger partial charge in [0.15, 0.2) is 0 Å². The minimum Gasteiger partial charge on any atom is -0.457 e. The van der Waals surface area contributed by atoms with Gasteiger partial charge in [-0.15, -0.1) is 0 Å². The Labute approximate surface area is 128 Å². The molecule has 1 heterocycles. The number of nitrogens with one attached hydrogen (secondary N) is 1. The molecule has 0 spiro atoms. The van der Waals surface area contributed by atoms with E-state index in [0.29, 0.717) is 16.7 Å². The number of rotatable bonds is 4. The maximum atomic E-state index is 9.23. The number of pyridine rings is 1. The Morgan fingerprint density at radius 1 is 1.05 bits per heavy atom. The fourth-order valence-corrected chi connectivity index (χ4v) is 2.21. The van der Waals surface area contributed by atoms with Crippen molar-refractivity contribution < 1.29 is 14.8 Å². The summed E-state index contributed by atoms with van der Waals surface area (Å²) < 4.78 is 5.90. The maximum absolute atomic E-state index is 9.23. The molecule has 0 aliphatic rings. The summed E-state index contributed by atoms with van der Waals surface area (Å²) in [5.41, 5.74) is 2.05. The quantitative estimate of drug-likeness (QED) is 0.639. The zero-order valence-electron chi connectivity index (χ0n) is 12.0. The molecule has 0 amide bonds. The lowest BCUT2D eigenvalue weighted by molar-refractivity contribution is 0.426. The predicted octanol–water partition coefficient (Wildman–Crippen LogP) is 1.75. The largest absolute Gasteiger partial charge is 0.488 e. The van der Waals surface area contributed by atoms with Crippen LogP contribution in [0.15, 0.2) is 54.7 Å². The Morgan fingerprint density at radius 3 is 2.50 bits per heavy atom. The van der Waals surface area contributed by atoms with Crippen molar-refractivity contribution in [3.63, 3.8) is 0 Å². The van der Waals surface area contributed by atoms with Crippen LogP contribution in [-0.4, -0.2) is 29.2 Å². The molecule has 3 rings (SSSR count). The summed E-state index contributed by atoms with van der Waals surface area (Å²) in [5.74, 6) is 1.39. The number of nitrogens with zero attached hydrogens (tertiary/aromatic N) is 1. The number of fused-ring (bicyclic) bond motifs is 1. The van der Waals surface area contributed by atoms with Crippen molar-refractivity contribution in [1.29, 1.82) is 0 Å².